The highest BCUT2D eigenvalue weighted by molar-refractivity contribution is 5.92. The van der Waals surface area contributed by atoms with E-state index in [1.807, 2.05) is 0 Å². The second kappa shape index (κ2) is 6.10. The summed E-state index contributed by atoms with van der Waals surface area (Å²) in [6.45, 7) is 1.82. The summed E-state index contributed by atoms with van der Waals surface area (Å²) in [5.41, 5.74) is -0.168. The molecule has 2 fully saturated rings. The van der Waals surface area contributed by atoms with Gasteiger partial charge in [-0.25, -0.2) is 0 Å². The van der Waals surface area contributed by atoms with E-state index >= 15 is 0 Å². The monoisotopic (exact) mass is 344 g/mol. The zero-order chi connectivity index (χ0) is 17.5. The summed E-state index contributed by atoms with van der Waals surface area (Å²) in [5.74, 6) is -2.01. The average Bonchev–Trinajstić information content (AvgIpc) is 3.08. The van der Waals surface area contributed by atoms with Crippen LogP contribution < -0.4 is 5.32 Å². The fourth-order valence-corrected chi connectivity index (χ4v) is 2.73. The molecule has 6 nitrogen and oxygen atoms in total. The zero-order valence-electron chi connectivity index (χ0n) is 13.2. The van der Waals surface area contributed by atoms with Crippen molar-refractivity contribution in [2.24, 2.45) is 5.92 Å². The Hall–Kier alpha value is -2.06. The molecule has 1 saturated carbocycles. The molecule has 3 rings (SSSR count). The number of rotatable bonds is 4. The third-order valence-corrected chi connectivity index (χ3v) is 4.54. The van der Waals surface area contributed by atoms with E-state index in [0.717, 1.165) is 25.8 Å². The van der Waals surface area contributed by atoms with Gasteiger partial charge in [0, 0.05) is 30.7 Å². The largest absolute Gasteiger partial charge is 0.396 e. The van der Waals surface area contributed by atoms with Gasteiger partial charge in [0.15, 0.2) is 0 Å². The van der Waals surface area contributed by atoms with E-state index in [2.05, 4.69) is 15.5 Å². The van der Waals surface area contributed by atoms with Gasteiger partial charge < -0.3 is 10.2 Å². The number of H-pyrrole nitrogens is 1. The van der Waals surface area contributed by atoms with Crippen molar-refractivity contribution in [3.8, 4) is 0 Å². The molecule has 2 heterocycles. The Labute approximate surface area is 136 Å². The number of hydrogen-bond donors (Lipinski definition) is 2. The molecule has 1 aliphatic carbocycles. The third-order valence-electron chi connectivity index (χ3n) is 4.54. The predicted molar refractivity (Wildman–Crippen MR) is 78.2 cm³/mol. The molecular weight excluding hydrogens is 325 g/mol. The fraction of sp³-hybridized carbons (Fsp3) is 0.667. The second-order valence-corrected chi connectivity index (χ2v) is 6.49. The molecule has 0 spiro atoms. The number of aromatic amines is 1. The minimum atomic E-state index is -4.39. The smallest absolute Gasteiger partial charge is 0.351 e. The van der Waals surface area contributed by atoms with Gasteiger partial charge in [-0.2, -0.15) is 18.3 Å². The number of likely N-dealkylation sites (tertiary alicyclic amines) is 1. The Morgan fingerprint density at radius 2 is 2.08 bits per heavy atom. The quantitative estimate of drug-likeness (QED) is 0.874. The van der Waals surface area contributed by atoms with Crippen molar-refractivity contribution in [3.05, 3.63) is 17.5 Å². The highest BCUT2D eigenvalue weighted by atomic mass is 19.4. The molecule has 2 aliphatic rings. The van der Waals surface area contributed by atoms with Crippen LogP contribution in [0.2, 0.25) is 0 Å². The zero-order valence-corrected chi connectivity index (χ0v) is 13.2. The van der Waals surface area contributed by atoms with E-state index in [4.69, 9.17) is 0 Å². The first kappa shape index (κ1) is 16.8. The minimum Gasteiger partial charge on any atom is -0.351 e. The van der Waals surface area contributed by atoms with E-state index in [-0.39, 0.29) is 29.3 Å². The molecule has 1 aromatic rings. The number of alkyl halides is 3. The fourth-order valence-electron chi connectivity index (χ4n) is 2.73. The normalized spacial score (nSPS) is 22.5. The maximum Gasteiger partial charge on any atom is 0.396 e. The first-order valence-electron chi connectivity index (χ1n) is 7.97. The Balaban J connectivity index is 1.59. The van der Waals surface area contributed by atoms with E-state index in [0.29, 0.717) is 19.5 Å². The van der Waals surface area contributed by atoms with Crippen molar-refractivity contribution in [2.45, 2.75) is 44.3 Å². The molecule has 0 radical (unpaired) electrons. The highest BCUT2D eigenvalue weighted by Crippen LogP contribution is 2.33. The van der Waals surface area contributed by atoms with Crippen LogP contribution in [0.15, 0.2) is 6.07 Å². The summed E-state index contributed by atoms with van der Waals surface area (Å²) in [6, 6.07) is 1.05. The van der Waals surface area contributed by atoms with Crippen molar-refractivity contribution >= 4 is 11.8 Å². The van der Waals surface area contributed by atoms with Crippen LogP contribution in [0.5, 0.6) is 0 Å². The van der Waals surface area contributed by atoms with E-state index in [1.165, 1.54) is 4.90 Å². The number of carbonyl (C=O) groups excluding carboxylic acids is 2. The summed E-state index contributed by atoms with van der Waals surface area (Å²) in [7, 11) is 0. The van der Waals surface area contributed by atoms with Crippen molar-refractivity contribution in [1.29, 1.82) is 0 Å². The molecule has 1 aromatic heterocycles. The number of nitrogens with zero attached hydrogens (tertiary/aromatic N) is 2. The summed E-state index contributed by atoms with van der Waals surface area (Å²) < 4.78 is 38.1. The molecule has 2 N–H and O–H groups in total. The van der Waals surface area contributed by atoms with Crippen LogP contribution in [0.4, 0.5) is 13.2 Å². The number of nitrogens with one attached hydrogen (secondary N) is 2. The van der Waals surface area contributed by atoms with Gasteiger partial charge in [0.25, 0.3) is 5.91 Å². The van der Waals surface area contributed by atoms with Crippen LogP contribution in [-0.2, 0) is 4.79 Å². The number of hydrogen-bond acceptors (Lipinski definition) is 3. The Kier molecular flexibility index (Phi) is 4.27. The van der Waals surface area contributed by atoms with Gasteiger partial charge in [-0.05, 0) is 32.3 Å². The SMILES string of the molecule is CC(c1cc(C(=O)N2CCC(NC(=O)C3CC3)C2)n[nH]1)C(F)(F)F. The average molecular weight is 344 g/mol. The lowest BCUT2D eigenvalue weighted by Gasteiger charge is -2.16. The first-order valence-corrected chi connectivity index (χ1v) is 7.97. The second-order valence-electron chi connectivity index (χ2n) is 6.49. The first-order chi connectivity index (χ1) is 11.3. The lowest BCUT2D eigenvalue weighted by molar-refractivity contribution is -0.147. The van der Waals surface area contributed by atoms with Crippen molar-refractivity contribution in [2.75, 3.05) is 13.1 Å². The van der Waals surface area contributed by atoms with Crippen LogP contribution in [0.3, 0.4) is 0 Å². The van der Waals surface area contributed by atoms with Crippen molar-refractivity contribution < 1.29 is 22.8 Å². The molecule has 9 heteroatoms. The molecule has 1 aliphatic heterocycles. The molecule has 0 bridgehead atoms. The molecule has 0 aromatic carbocycles. The van der Waals surface area contributed by atoms with Gasteiger partial charge in [-0.1, -0.05) is 0 Å². The van der Waals surface area contributed by atoms with E-state index in [1.54, 1.807) is 0 Å². The Morgan fingerprint density at radius 1 is 1.38 bits per heavy atom. The standard InChI is InChI=1S/C15H19F3N4O2/c1-8(15(16,17)18)11-6-12(21-20-11)14(24)22-5-4-10(7-22)19-13(23)9-2-3-9/h6,8-10H,2-5,7H2,1H3,(H,19,23)(H,20,21). The van der Waals surface area contributed by atoms with Gasteiger partial charge in [0.2, 0.25) is 5.91 Å². The summed E-state index contributed by atoms with van der Waals surface area (Å²) in [5, 5.41) is 8.92. The summed E-state index contributed by atoms with van der Waals surface area (Å²) in [4.78, 5) is 25.6. The van der Waals surface area contributed by atoms with Crippen molar-refractivity contribution in [1.82, 2.24) is 20.4 Å². The molecule has 2 unspecified atom stereocenters. The van der Waals surface area contributed by atoms with Crippen molar-refractivity contribution in [3.63, 3.8) is 0 Å². The number of aromatic nitrogens is 2. The molecule has 1 saturated heterocycles. The van der Waals surface area contributed by atoms with Gasteiger partial charge in [0.05, 0.1) is 5.92 Å². The summed E-state index contributed by atoms with van der Waals surface area (Å²) in [6.07, 6.45) is -1.93. The molecule has 24 heavy (non-hydrogen) atoms. The summed E-state index contributed by atoms with van der Waals surface area (Å²) >= 11 is 0. The lowest BCUT2D eigenvalue weighted by Crippen LogP contribution is -2.39. The topological polar surface area (TPSA) is 78.1 Å². The van der Waals surface area contributed by atoms with Crippen LogP contribution in [0, 0.1) is 5.92 Å². The van der Waals surface area contributed by atoms with E-state index < -0.39 is 18.0 Å². The molecule has 132 valence electrons. The minimum absolute atomic E-state index is 0.0235. The Morgan fingerprint density at radius 3 is 2.71 bits per heavy atom. The number of amides is 2. The van der Waals surface area contributed by atoms with Crippen LogP contribution >= 0.6 is 0 Å². The van der Waals surface area contributed by atoms with Gasteiger partial charge >= 0.3 is 6.18 Å². The predicted octanol–water partition coefficient (Wildman–Crippen LogP) is 1.82. The third kappa shape index (κ3) is 3.54. The lowest BCUT2D eigenvalue weighted by atomic mass is 10.1. The van der Waals surface area contributed by atoms with Gasteiger partial charge in [-0.3, -0.25) is 14.7 Å². The maximum absolute atomic E-state index is 12.7. The molecule has 2 atom stereocenters. The highest BCUT2D eigenvalue weighted by Gasteiger charge is 2.39. The van der Waals surface area contributed by atoms with Gasteiger partial charge in [-0.15, -0.1) is 0 Å². The Bertz CT molecular complexity index is 639. The molecular formula is C15H19F3N4O2. The van der Waals surface area contributed by atoms with Crippen LogP contribution in [0.25, 0.3) is 0 Å². The number of carbonyl (C=O) groups is 2. The maximum atomic E-state index is 12.7. The number of halogens is 3. The van der Waals surface area contributed by atoms with E-state index in [9.17, 15) is 22.8 Å². The van der Waals surface area contributed by atoms with Gasteiger partial charge in [0.1, 0.15) is 5.69 Å². The van der Waals surface area contributed by atoms with Crippen LogP contribution in [-0.4, -0.2) is 52.2 Å². The van der Waals surface area contributed by atoms with Crippen LogP contribution in [0.1, 0.15) is 48.3 Å². The molecule has 2 amide bonds.